The molecule has 0 bridgehead atoms. The fourth-order valence-corrected chi connectivity index (χ4v) is 1.47. The molecule has 0 radical (unpaired) electrons. The number of hydrogen-bond acceptors (Lipinski definition) is 2. The highest BCUT2D eigenvalue weighted by Gasteiger charge is 2.13. The number of benzene rings is 1. The van der Waals surface area contributed by atoms with E-state index in [0.29, 0.717) is 6.61 Å². The van der Waals surface area contributed by atoms with Gasteiger partial charge in [0.15, 0.2) is 0 Å². The van der Waals surface area contributed by atoms with Crippen molar-refractivity contribution < 1.29 is 14.6 Å². The van der Waals surface area contributed by atoms with E-state index in [1.807, 2.05) is 24.3 Å². The summed E-state index contributed by atoms with van der Waals surface area (Å²) < 4.78 is 5.63. The van der Waals surface area contributed by atoms with Crippen LogP contribution in [0.3, 0.4) is 0 Å². The van der Waals surface area contributed by atoms with E-state index in [4.69, 9.17) is 9.84 Å². The summed E-state index contributed by atoms with van der Waals surface area (Å²) in [5, 5.41) is 8.90. The summed E-state index contributed by atoms with van der Waals surface area (Å²) in [6.07, 6.45) is 0.986. The van der Waals surface area contributed by atoms with Crippen LogP contribution in [0, 0.1) is 5.41 Å². The lowest BCUT2D eigenvalue weighted by Gasteiger charge is -2.18. The van der Waals surface area contributed by atoms with E-state index >= 15 is 0 Å². The average Bonchev–Trinajstić information content (AvgIpc) is 2.27. The predicted molar refractivity (Wildman–Crippen MR) is 72.1 cm³/mol. The Bertz CT molecular complexity index is 387. The molecule has 0 aliphatic carbocycles. The van der Waals surface area contributed by atoms with Gasteiger partial charge in [0.2, 0.25) is 0 Å². The Balaban J connectivity index is 2.53. The number of rotatable bonds is 5. The monoisotopic (exact) mass is 250 g/mol. The molecule has 1 aromatic rings. The van der Waals surface area contributed by atoms with Crippen LogP contribution < -0.4 is 4.74 Å². The van der Waals surface area contributed by atoms with Crippen LogP contribution in [-0.4, -0.2) is 17.7 Å². The van der Waals surface area contributed by atoms with Crippen LogP contribution >= 0.6 is 0 Å². The second kappa shape index (κ2) is 5.89. The van der Waals surface area contributed by atoms with Crippen molar-refractivity contribution in [2.24, 2.45) is 5.41 Å². The van der Waals surface area contributed by atoms with Gasteiger partial charge in [0.25, 0.3) is 0 Å². The van der Waals surface area contributed by atoms with E-state index in [-0.39, 0.29) is 5.41 Å². The molecule has 3 nitrogen and oxygen atoms in total. The number of ether oxygens (including phenoxy) is 1. The van der Waals surface area contributed by atoms with Gasteiger partial charge in [-0.05, 0) is 36.5 Å². The Kier molecular flexibility index (Phi) is 4.76. The topological polar surface area (TPSA) is 46.5 Å². The fourth-order valence-electron chi connectivity index (χ4n) is 1.47. The minimum absolute atomic E-state index is 0.262. The van der Waals surface area contributed by atoms with Crippen molar-refractivity contribution in [3.63, 3.8) is 0 Å². The van der Waals surface area contributed by atoms with Crippen molar-refractivity contribution in [1.82, 2.24) is 0 Å². The smallest absolute Gasteiger partial charge is 0.310 e. The number of carboxylic acids is 1. The van der Waals surface area contributed by atoms with E-state index in [9.17, 15) is 4.79 Å². The summed E-state index contributed by atoms with van der Waals surface area (Å²) in [4.78, 5) is 10.8. The molecule has 0 saturated carbocycles. The number of carboxylic acid groups (broad SMARTS) is 1. The Morgan fingerprint density at radius 2 is 1.83 bits per heavy atom. The largest absolute Gasteiger partial charge is 0.494 e. The van der Waals surface area contributed by atoms with Crippen LogP contribution in [0.2, 0.25) is 0 Å². The summed E-state index contributed by atoms with van der Waals surface area (Å²) in [6.45, 7) is 8.88. The van der Waals surface area contributed by atoms with E-state index < -0.39 is 11.9 Å². The van der Waals surface area contributed by atoms with E-state index in [1.165, 1.54) is 0 Å². The molecule has 0 saturated heterocycles. The maximum atomic E-state index is 10.8. The third kappa shape index (κ3) is 4.78. The molecule has 0 aliphatic heterocycles. The summed E-state index contributed by atoms with van der Waals surface area (Å²) >= 11 is 0. The molecule has 3 heteroatoms. The molecule has 100 valence electrons. The predicted octanol–water partition coefficient (Wildman–Crippen LogP) is 3.69. The Labute approximate surface area is 109 Å². The molecule has 1 rings (SSSR count). The van der Waals surface area contributed by atoms with Crippen LogP contribution in [0.25, 0.3) is 0 Å². The van der Waals surface area contributed by atoms with Gasteiger partial charge < -0.3 is 9.84 Å². The van der Waals surface area contributed by atoms with Gasteiger partial charge in [0.05, 0.1) is 12.5 Å². The van der Waals surface area contributed by atoms with Gasteiger partial charge in [-0.3, -0.25) is 4.79 Å². The van der Waals surface area contributed by atoms with Gasteiger partial charge in [-0.1, -0.05) is 32.9 Å². The first-order valence-electron chi connectivity index (χ1n) is 6.25. The molecule has 0 aliphatic rings. The van der Waals surface area contributed by atoms with Gasteiger partial charge in [-0.25, -0.2) is 0 Å². The lowest BCUT2D eigenvalue weighted by atomic mass is 9.93. The van der Waals surface area contributed by atoms with E-state index in [2.05, 4.69) is 20.8 Å². The zero-order valence-electron chi connectivity index (χ0n) is 11.6. The van der Waals surface area contributed by atoms with Crippen molar-refractivity contribution in [1.29, 1.82) is 0 Å². The zero-order valence-corrected chi connectivity index (χ0v) is 11.6. The van der Waals surface area contributed by atoms with Crippen molar-refractivity contribution >= 4 is 5.97 Å². The van der Waals surface area contributed by atoms with Crippen molar-refractivity contribution in [3.05, 3.63) is 29.8 Å². The molecule has 0 heterocycles. The first-order valence-corrected chi connectivity index (χ1v) is 6.25. The Hall–Kier alpha value is -1.51. The third-order valence-corrected chi connectivity index (χ3v) is 2.87. The SMILES string of the molecule is C[C@H](C(=O)O)c1ccc(OCCC(C)(C)C)cc1. The molecule has 18 heavy (non-hydrogen) atoms. The minimum Gasteiger partial charge on any atom is -0.494 e. The second-order valence-corrected chi connectivity index (χ2v) is 5.79. The number of carbonyl (C=O) groups is 1. The quantitative estimate of drug-likeness (QED) is 0.867. The lowest BCUT2D eigenvalue weighted by molar-refractivity contribution is -0.138. The summed E-state index contributed by atoms with van der Waals surface area (Å²) in [7, 11) is 0. The molecule has 0 unspecified atom stereocenters. The molecule has 1 N–H and O–H groups in total. The Morgan fingerprint density at radius 1 is 1.28 bits per heavy atom. The van der Waals surface area contributed by atoms with Gasteiger partial charge >= 0.3 is 5.97 Å². The van der Waals surface area contributed by atoms with Crippen LogP contribution in [0.5, 0.6) is 5.75 Å². The van der Waals surface area contributed by atoms with Crippen molar-refractivity contribution in [2.45, 2.75) is 40.0 Å². The second-order valence-electron chi connectivity index (χ2n) is 5.79. The highest BCUT2D eigenvalue weighted by Crippen LogP contribution is 2.22. The van der Waals surface area contributed by atoms with Gasteiger partial charge in [-0.2, -0.15) is 0 Å². The standard InChI is InChI=1S/C15H22O3/c1-11(14(16)17)12-5-7-13(8-6-12)18-10-9-15(2,3)4/h5-8,11H,9-10H2,1-4H3,(H,16,17)/t11-/m0/s1. The fraction of sp³-hybridized carbons (Fsp3) is 0.533. The van der Waals surface area contributed by atoms with Gasteiger partial charge in [0.1, 0.15) is 5.75 Å². The lowest BCUT2D eigenvalue weighted by Crippen LogP contribution is -2.11. The molecular formula is C15H22O3. The maximum absolute atomic E-state index is 10.8. The normalized spacial score (nSPS) is 13.1. The molecule has 1 atom stereocenters. The van der Waals surface area contributed by atoms with Crippen LogP contribution in [-0.2, 0) is 4.79 Å². The molecule has 1 aromatic carbocycles. The summed E-state index contributed by atoms with van der Waals surface area (Å²) in [5.74, 6) is -0.495. The summed E-state index contributed by atoms with van der Waals surface area (Å²) in [5.41, 5.74) is 1.06. The van der Waals surface area contributed by atoms with Crippen LogP contribution in [0.1, 0.15) is 45.6 Å². The molecule has 0 aromatic heterocycles. The third-order valence-electron chi connectivity index (χ3n) is 2.87. The number of hydrogen-bond donors (Lipinski definition) is 1. The molecule has 0 spiro atoms. The number of aliphatic carboxylic acids is 1. The average molecular weight is 250 g/mol. The maximum Gasteiger partial charge on any atom is 0.310 e. The first kappa shape index (κ1) is 14.6. The molecule has 0 amide bonds. The molecule has 0 fully saturated rings. The highest BCUT2D eigenvalue weighted by molar-refractivity contribution is 5.75. The zero-order chi connectivity index (χ0) is 13.8. The van der Waals surface area contributed by atoms with Gasteiger partial charge in [-0.15, -0.1) is 0 Å². The summed E-state index contributed by atoms with van der Waals surface area (Å²) in [6, 6.07) is 7.28. The van der Waals surface area contributed by atoms with Crippen LogP contribution in [0.4, 0.5) is 0 Å². The van der Waals surface area contributed by atoms with E-state index in [0.717, 1.165) is 17.7 Å². The van der Waals surface area contributed by atoms with Crippen molar-refractivity contribution in [2.75, 3.05) is 6.61 Å². The van der Waals surface area contributed by atoms with E-state index in [1.54, 1.807) is 6.92 Å². The minimum atomic E-state index is -0.809. The van der Waals surface area contributed by atoms with Gasteiger partial charge in [0, 0.05) is 0 Å². The molecular weight excluding hydrogens is 228 g/mol. The first-order chi connectivity index (χ1) is 8.29. The Morgan fingerprint density at radius 3 is 2.28 bits per heavy atom. The van der Waals surface area contributed by atoms with Crippen LogP contribution in [0.15, 0.2) is 24.3 Å². The van der Waals surface area contributed by atoms with Crippen molar-refractivity contribution in [3.8, 4) is 5.75 Å². The highest BCUT2D eigenvalue weighted by atomic mass is 16.5.